The van der Waals surface area contributed by atoms with E-state index in [1.54, 1.807) is 0 Å². The molecule has 0 radical (unpaired) electrons. The quantitative estimate of drug-likeness (QED) is 0.414. The Morgan fingerprint density at radius 2 is 1.36 bits per heavy atom. The van der Waals surface area contributed by atoms with Crippen molar-refractivity contribution >= 4 is 34.8 Å². The van der Waals surface area contributed by atoms with Gasteiger partial charge in [-0.05, 0) is 6.42 Å². The molecule has 118 valence electrons. The third-order valence-corrected chi connectivity index (χ3v) is 4.44. The van der Waals surface area contributed by atoms with E-state index in [9.17, 15) is 0 Å². The molecule has 6 heteroatoms. The standard InChI is InChI=1S/C16H17Cl3N2O/c1-2-3-4-5-6-7-8-22-16-14(18)12(10-21)11(9-20)13(17)15(16)19/h2-8H2,1H3. The van der Waals surface area contributed by atoms with Gasteiger partial charge < -0.3 is 4.74 Å². The van der Waals surface area contributed by atoms with E-state index in [-0.39, 0.29) is 31.9 Å². The first-order chi connectivity index (χ1) is 10.6. The lowest BCUT2D eigenvalue weighted by Crippen LogP contribution is -2.01. The average Bonchev–Trinajstić information content (AvgIpc) is 2.52. The molecule has 1 rings (SSSR count). The van der Waals surface area contributed by atoms with Gasteiger partial charge in [0.05, 0.1) is 22.8 Å². The Balaban J connectivity index is 2.74. The topological polar surface area (TPSA) is 56.8 Å². The summed E-state index contributed by atoms with van der Waals surface area (Å²) in [7, 11) is 0. The molecule has 0 aliphatic rings. The van der Waals surface area contributed by atoms with Gasteiger partial charge in [0.25, 0.3) is 0 Å². The number of unbranched alkanes of at least 4 members (excludes halogenated alkanes) is 5. The summed E-state index contributed by atoms with van der Waals surface area (Å²) in [6.07, 6.45) is 6.77. The fourth-order valence-corrected chi connectivity index (χ4v) is 2.83. The lowest BCUT2D eigenvalue weighted by molar-refractivity contribution is 0.304. The van der Waals surface area contributed by atoms with Crippen LogP contribution in [0.1, 0.15) is 56.6 Å². The zero-order chi connectivity index (χ0) is 16.5. The van der Waals surface area contributed by atoms with E-state index in [1.165, 1.54) is 19.3 Å². The van der Waals surface area contributed by atoms with Gasteiger partial charge in [0.2, 0.25) is 0 Å². The molecule has 0 aromatic heterocycles. The summed E-state index contributed by atoms with van der Waals surface area (Å²) < 4.78 is 5.59. The molecule has 3 nitrogen and oxygen atoms in total. The van der Waals surface area contributed by atoms with E-state index < -0.39 is 0 Å². The molecule has 0 heterocycles. The van der Waals surface area contributed by atoms with Crippen LogP contribution in [0.3, 0.4) is 0 Å². The highest BCUT2D eigenvalue weighted by Crippen LogP contribution is 2.43. The van der Waals surface area contributed by atoms with Crippen LogP contribution < -0.4 is 4.74 Å². The summed E-state index contributed by atoms with van der Waals surface area (Å²) in [5.74, 6) is 0.178. The van der Waals surface area contributed by atoms with Crippen molar-refractivity contribution in [3.8, 4) is 17.9 Å². The van der Waals surface area contributed by atoms with Crippen molar-refractivity contribution in [3.63, 3.8) is 0 Å². The number of nitrogens with zero attached hydrogens (tertiary/aromatic N) is 2. The van der Waals surface area contributed by atoms with Crippen molar-refractivity contribution in [2.75, 3.05) is 6.61 Å². The van der Waals surface area contributed by atoms with Crippen LogP contribution >= 0.6 is 34.8 Å². The number of ether oxygens (including phenoxy) is 1. The second-order valence-electron chi connectivity index (χ2n) is 4.86. The van der Waals surface area contributed by atoms with Crippen LogP contribution in [0.2, 0.25) is 15.1 Å². The summed E-state index contributed by atoms with van der Waals surface area (Å²) >= 11 is 18.2. The van der Waals surface area contributed by atoms with Crippen LogP contribution in [0.5, 0.6) is 5.75 Å². The van der Waals surface area contributed by atoms with E-state index in [0.29, 0.717) is 6.61 Å². The van der Waals surface area contributed by atoms with Gasteiger partial charge in [-0.1, -0.05) is 73.8 Å². The molecule has 22 heavy (non-hydrogen) atoms. The van der Waals surface area contributed by atoms with Gasteiger partial charge in [0.1, 0.15) is 22.2 Å². The lowest BCUT2D eigenvalue weighted by atomic mass is 10.1. The molecule has 0 spiro atoms. The molecular weight excluding hydrogens is 343 g/mol. The number of rotatable bonds is 8. The molecule has 0 bridgehead atoms. The second kappa shape index (κ2) is 9.80. The van der Waals surface area contributed by atoms with Crippen molar-refractivity contribution in [2.45, 2.75) is 45.4 Å². The summed E-state index contributed by atoms with van der Waals surface area (Å²) in [6, 6.07) is 3.71. The first-order valence-corrected chi connectivity index (χ1v) is 8.35. The van der Waals surface area contributed by atoms with Gasteiger partial charge in [-0.3, -0.25) is 0 Å². The first-order valence-electron chi connectivity index (χ1n) is 7.21. The molecule has 1 aromatic carbocycles. The van der Waals surface area contributed by atoms with E-state index in [1.807, 2.05) is 12.1 Å². The molecule has 0 unspecified atom stereocenters. The minimum atomic E-state index is -0.0221. The highest BCUT2D eigenvalue weighted by Gasteiger charge is 2.22. The predicted molar refractivity (Wildman–Crippen MR) is 89.8 cm³/mol. The van der Waals surface area contributed by atoms with Crippen molar-refractivity contribution < 1.29 is 4.74 Å². The van der Waals surface area contributed by atoms with Crippen LogP contribution in [-0.4, -0.2) is 6.61 Å². The number of nitriles is 2. The van der Waals surface area contributed by atoms with E-state index >= 15 is 0 Å². The van der Waals surface area contributed by atoms with Crippen molar-refractivity contribution in [3.05, 3.63) is 26.2 Å². The summed E-state index contributed by atoms with van der Waals surface area (Å²) in [4.78, 5) is 0. The number of hydrogen-bond acceptors (Lipinski definition) is 3. The summed E-state index contributed by atoms with van der Waals surface area (Å²) in [5.41, 5.74) is -0.0254. The monoisotopic (exact) mass is 358 g/mol. The van der Waals surface area contributed by atoms with Gasteiger partial charge in [-0.25, -0.2) is 0 Å². The van der Waals surface area contributed by atoms with Crippen molar-refractivity contribution in [2.24, 2.45) is 0 Å². The molecule has 0 N–H and O–H groups in total. The Kier molecular flexibility index (Phi) is 8.43. The minimum Gasteiger partial charge on any atom is -0.490 e. The lowest BCUT2D eigenvalue weighted by Gasteiger charge is -2.13. The molecule has 0 aliphatic carbocycles. The third kappa shape index (κ3) is 4.68. The number of hydrogen-bond donors (Lipinski definition) is 0. The highest BCUT2D eigenvalue weighted by molar-refractivity contribution is 6.46. The van der Waals surface area contributed by atoms with Crippen molar-refractivity contribution in [1.82, 2.24) is 0 Å². The molecule has 0 atom stereocenters. The highest BCUT2D eigenvalue weighted by atomic mass is 35.5. The Labute approximate surface area is 146 Å². The molecule has 0 amide bonds. The zero-order valence-electron chi connectivity index (χ0n) is 12.4. The predicted octanol–water partition coefficient (Wildman–Crippen LogP) is 6.13. The molecular formula is C16H17Cl3N2O. The smallest absolute Gasteiger partial charge is 0.159 e. The largest absolute Gasteiger partial charge is 0.490 e. The van der Waals surface area contributed by atoms with E-state index in [2.05, 4.69) is 6.92 Å². The normalized spacial score (nSPS) is 10.1. The Morgan fingerprint density at radius 3 is 1.95 bits per heavy atom. The maximum atomic E-state index is 9.12. The number of halogens is 3. The van der Waals surface area contributed by atoms with Gasteiger partial charge in [-0.15, -0.1) is 0 Å². The minimum absolute atomic E-state index is 0.00284. The van der Waals surface area contributed by atoms with Crippen LogP contribution in [-0.2, 0) is 0 Å². The summed E-state index contributed by atoms with van der Waals surface area (Å²) in [5, 5.41) is 18.3. The second-order valence-corrected chi connectivity index (χ2v) is 5.99. The van der Waals surface area contributed by atoms with Crippen LogP contribution in [0, 0.1) is 22.7 Å². The third-order valence-electron chi connectivity index (χ3n) is 3.25. The Hall–Kier alpha value is -1.13. The summed E-state index contributed by atoms with van der Waals surface area (Å²) in [6.45, 7) is 2.62. The van der Waals surface area contributed by atoms with E-state index in [4.69, 9.17) is 50.1 Å². The molecule has 0 saturated heterocycles. The molecule has 0 saturated carbocycles. The number of benzene rings is 1. The molecule has 1 aromatic rings. The van der Waals surface area contributed by atoms with Gasteiger partial charge >= 0.3 is 0 Å². The fraction of sp³-hybridized carbons (Fsp3) is 0.500. The van der Waals surface area contributed by atoms with Crippen molar-refractivity contribution in [1.29, 1.82) is 10.5 Å². The maximum Gasteiger partial charge on any atom is 0.159 e. The van der Waals surface area contributed by atoms with E-state index in [0.717, 1.165) is 19.3 Å². The van der Waals surface area contributed by atoms with Crippen LogP contribution in [0.15, 0.2) is 0 Å². The zero-order valence-corrected chi connectivity index (χ0v) is 14.7. The van der Waals surface area contributed by atoms with Gasteiger partial charge in [0, 0.05) is 0 Å². The Bertz CT molecular complexity index is 603. The van der Waals surface area contributed by atoms with Crippen LogP contribution in [0.25, 0.3) is 0 Å². The fourth-order valence-electron chi connectivity index (χ4n) is 2.03. The molecule has 0 aliphatic heterocycles. The van der Waals surface area contributed by atoms with Gasteiger partial charge in [-0.2, -0.15) is 10.5 Å². The average molecular weight is 360 g/mol. The first kappa shape index (κ1) is 18.9. The maximum absolute atomic E-state index is 9.12. The molecule has 0 fully saturated rings. The SMILES string of the molecule is CCCCCCCCOc1c(Cl)c(Cl)c(C#N)c(C#N)c1Cl. The Morgan fingerprint density at radius 1 is 0.818 bits per heavy atom. The van der Waals surface area contributed by atoms with Crippen LogP contribution in [0.4, 0.5) is 0 Å². The van der Waals surface area contributed by atoms with Gasteiger partial charge in [0.15, 0.2) is 5.75 Å².